The maximum absolute atomic E-state index is 13.9. The Bertz CT molecular complexity index is 1320. The van der Waals surface area contributed by atoms with E-state index in [9.17, 15) is 22.0 Å². The summed E-state index contributed by atoms with van der Waals surface area (Å²) in [5.74, 6) is -2.38. The van der Waals surface area contributed by atoms with E-state index < -0.39 is 33.6 Å². The third-order valence-electron chi connectivity index (χ3n) is 5.47. The number of hydrogen-bond acceptors (Lipinski definition) is 6. The van der Waals surface area contributed by atoms with Crippen LogP contribution in [-0.4, -0.2) is 35.4 Å². The lowest BCUT2D eigenvalue weighted by Crippen LogP contribution is -2.31. The fourth-order valence-electron chi connectivity index (χ4n) is 4.19. The lowest BCUT2D eigenvalue weighted by Gasteiger charge is -2.24. The lowest BCUT2D eigenvalue weighted by atomic mass is 10.1. The minimum Gasteiger partial charge on any atom is -0.317 e. The van der Waals surface area contributed by atoms with Gasteiger partial charge in [0.1, 0.15) is 16.6 Å². The summed E-state index contributed by atoms with van der Waals surface area (Å²) in [7, 11) is -3.80. The van der Waals surface area contributed by atoms with Gasteiger partial charge in [0.15, 0.2) is 0 Å². The molecule has 1 atom stereocenters. The molecule has 11 heteroatoms. The van der Waals surface area contributed by atoms with Crippen molar-refractivity contribution in [2.45, 2.75) is 44.6 Å². The highest BCUT2D eigenvalue weighted by molar-refractivity contribution is 7.89. The monoisotopic (exact) mass is 492 g/mol. The van der Waals surface area contributed by atoms with E-state index in [4.69, 9.17) is 0 Å². The van der Waals surface area contributed by atoms with Crippen LogP contribution in [0.25, 0.3) is 0 Å². The van der Waals surface area contributed by atoms with Crippen LogP contribution in [0.2, 0.25) is 0 Å². The number of sulfonamides is 1. The predicted octanol–water partition coefficient (Wildman–Crippen LogP) is 4.52. The first-order valence-corrected chi connectivity index (χ1v) is 12.5. The minimum absolute atomic E-state index is 0.0410. The maximum atomic E-state index is 13.9. The zero-order valence-electron chi connectivity index (χ0n) is 18.2. The maximum Gasteiger partial charge on any atom is 0.286 e. The van der Waals surface area contributed by atoms with Crippen molar-refractivity contribution in [3.05, 3.63) is 68.7 Å². The van der Waals surface area contributed by atoms with Gasteiger partial charge in [0.2, 0.25) is 15.0 Å². The van der Waals surface area contributed by atoms with Gasteiger partial charge in [-0.25, -0.2) is 17.2 Å². The Labute approximate surface area is 194 Å². The van der Waals surface area contributed by atoms with Gasteiger partial charge in [-0.1, -0.05) is 29.0 Å². The van der Waals surface area contributed by atoms with Crippen LogP contribution in [0.15, 0.2) is 35.2 Å². The number of aryl methyl sites for hydroxylation is 3. The third-order valence-corrected chi connectivity index (χ3v) is 8.71. The van der Waals surface area contributed by atoms with E-state index in [-0.39, 0.29) is 15.6 Å². The van der Waals surface area contributed by atoms with Crippen molar-refractivity contribution >= 4 is 33.0 Å². The zero-order valence-corrected chi connectivity index (χ0v) is 19.9. The van der Waals surface area contributed by atoms with Crippen LogP contribution in [0.3, 0.4) is 0 Å². The van der Waals surface area contributed by atoms with Crippen LogP contribution in [0.5, 0.6) is 0 Å². The van der Waals surface area contributed by atoms with Gasteiger partial charge in [0, 0.05) is 12.6 Å². The first kappa shape index (κ1) is 23.4. The molecule has 1 aliphatic heterocycles. The number of amides is 1. The van der Waals surface area contributed by atoms with Crippen LogP contribution in [0.4, 0.5) is 14.5 Å². The Balaban J connectivity index is 1.59. The van der Waals surface area contributed by atoms with Gasteiger partial charge < -0.3 is 5.32 Å². The van der Waals surface area contributed by atoms with Crippen LogP contribution < -0.4 is 5.32 Å². The summed E-state index contributed by atoms with van der Waals surface area (Å²) in [6.45, 7) is 5.81. The number of benzene rings is 2. The van der Waals surface area contributed by atoms with Gasteiger partial charge >= 0.3 is 0 Å². The number of halogens is 2. The average Bonchev–Trinajstić information content (AvgIpc) is 3.38. The van der Waals surface area contributed by atoms with E-state index in [1.165, 1.54) is 4.31 Å². The predicted molar refractivity (Wildman–Crippen MR) is 121 cm³/mol. The number of nitrogens with zero attached hydrogens (tertiary/aromatic N) is 3. The number of carbonyl (C=O) groups is 1. The van der Waals surface area contributed by atoms with Crippen molar-refractivity contribution < 1.29 is 22.0 Å². The zero-order chi connectivity index (χ0) is 23.9. The van der Waals surface area contributed by atoms with Gasteiger partial charge in [0.05, 0.1) is 16.6 Å². The van der Waals surface area contributed by atoms with Crippen LogP contribution >= 0.6 is 11.3 Å². The molecular weight excluding hydrogens is 470 g/mol. The topological polar surface area (TPSA) is 92.3 Å². The van der Waals surface area contributed by atoms with Gasteiger partial charge in [-0.3, -0.25) is 4.79 Å². The highest BCUT2D eigenvalue weighted by Crippen LogP contribution is 2.39. The summed E-state index contributed by atoms with van der Waals surface area (Å²) in [5.41, 5.74) is 2.15. The molecule has 174 valence electrons. The van der Waals surface area contributed by atoms with Crippen molar-refractivity contribution in [3.63, 3.8) is 0 Å². The molecule has 2 aromatic carbocycles. The molecule has 1 aromatic heterocycles. The fourth-order valence-corrected chi connectivity index (χ4v) is 7.22. The van der Waals surface area contributed by atoms with E-state index in [2.05, 4.69) is 15.5 Å². The molecule has 1 fully saturated rings. The van der Waals surface area contributed by atoms with Gasteiger partial charge in [0.25, 0.3) is 5.91 Å². The Kier molecular flexibility index (Phi) is 6.30. The number of hydrogen-bond donors (Lipinski definition) is 1. The van der Waals surface area contributed by atoms with Gasteiger partial charge in [-0.2, -0.15) is 4.31 Å². The fraction of sp³-hybridized carbons (Fsp3) is 0.318. The molecule has 7 nitrogen and oxygen atoms in total. The Hall–Kier alpha value is -2.76. The second-order valence-corrected chi connectivity index (χ2v) is 10.9. The van der Waals surface area contributed by atoms with Crippen LogP contribution in [-0.2, 0) is 10.0 Å². The molecule has 0 unspecified atom stereocenters. The normalized spacial score (nSPS) is 16.8. The summed E-state index contributed by atoms with van der Waals surface area (Å²) < 4.78 is 55.4. The Morgan fingerprint density at radius 1 is 1.12 bits per heavy atom. The summed E-state index contributed by atoms with van der Waals surface area (Å²) in [4.78, 5) is 12.8. The molecule has 0 bridgehead atoms. The highest BCUT2D eigenvalue weighted by atomic mass is 32.2. The number of rotatable bonds is 5. The largest absolute Gasteiger partial charge is 0.317 e. The molecule has 1 amide bonds. The van der Waals surface area contributed by atoms with E-state index in [0.29, 0.717) is 41.6 Å². The second kappa shape index (κ2) is 8.88. The van der Waals surface area contributed by atoms with Crippen molar-refractivity contribution in [2.75, 3.05) is 11.9 Å². The van der Waals surface area contributed by atoms with Crippen LogP contribution in [0.1, 0.15) is 50.4 Å². The number of aromatic nitrogens is 2. The number of anilines is 1. The van der Waals surface area contributed by atoms with E-state index in [1.807, 2.05) is 19.1 Å². The second-order valence-electron chi connectivity index (χ2n) is 8.03. The van der Waals surface area contributed by atoms with Crippen molar-refractivity contribution in [2.24, 2.45) is 0 Å². The molecule has 2 heterocycles. The molecule has 0 spiro atoms. The number of carbonyl (C=O) groups excluding carboxylic acids is 1. The molecular formula is C22H22F2N4O3S2. The molecule has 1 aliphatic rings. The third kappa shape index (κ3) is 4.53. The first-order chi connectivity index (χ1) is 15.6. The highest BCUT2D eigenvalue weighted by Gasteiger charge is 2.39. The smallest absolute Gasteiger partial charge is 0.286 e. The average molecular weight is 493 g/mol. The van der Waals surface area contributed by atoms with E-state index in [0.717, 1.165) is 29.0 Å². The van der Waals surface area contributed by atoms with Crippen molar-refractivity contribution in [1.29, 1.82) is 0 Å². The molecule has 0 aliphatic carbocycles. The molecule has 0 radical (unpaired) electrons. The molecule has 3 aromatic rings. The molecule has 0 saturated carbocycles. The van der Waals surface area contributed by atoms with E-state index >= 15 is 0 Å². The summed E-state index contributed by atoms with van der Waals surface area (Å²) >= 11 is 0.956. The Morgan fingerprint density at radius 2 is 1.82 bits per heavy atom. The molecule has 33 heavy (non-hydrogen) atoms. The summed E-state index contributed by atoms with van der Waals surface area (Å²) in [6.07, 6.45) is 1.20. The SMILES string of the molecule is Cc1cc(C)c(S(=O)(=O)N2CCC[C@H]2c2nnc(C(=O)Nc3ccc(F)cc3F)s2)c(C)c1. The van der Waals surface area contributed by atoms with E-state index in [1.54, 1.807) is 13.8 Å². The van der Waals surface area contributed by atoms with Crippen molar-refractivity contribution in [3.8, 4) is 0 Å². The quantitative estimate of drug-likeness (QED) is 0.565. The van der Waals surface area contributed by atoms with Gasteiger partial charge in [-0.15, -0.1) is 10.2 Å². The first-order valence-electron chi connectivity index (χ1n) is 10.3. The molecule has 4 rings (SSSR count). The number of nitrogens with one attached hydrogen (secondary N) is 1. The molecule has 1 saturated heterocycles. The molecule has 1 N–H and O–H groups in total. The summed E-state index contributed by atoms with van der Waals surface area (Å²) in [6, 6.07) is 5.94. The minimum atomic E-state index is -3.80. The Morgan fingerprint density at radius 3 is 2.48 bits per heavy atom. The van der Waals surface area contributed by atoms with Gasteiger partial charge in [-0.05, 0) is 56.9 Å². The van der Waals surface area contributed by atoms with Crippen LogP contribution in [0, 0.1) is 32.4 Å². The standard InChI is InChI=1S/C22H22F2N4O3S2/c1-12-9-13(2)19(14(3)10-12)33(30,31)28-8-4-5-18(28)21-26-27-22(32-21)20(29)25-17-7-6-15(23)11-16(17)24/h6-7,9-11,18H,4-5,8H2,1-3H3,(H,25,29)/t18-/m0/s1. The van der Waals surface area contributed by atoms with Crippen molar-refractivity contribution in [1.82, 2.24) is 14.5 Å². The lowest BCUT2D eigenvalue weighted by molar-refractivity contribution is 0.102. The summed E-state index contributed by atoms with van der Waals surface area (Å²) in [5, 5.41) is 10.6.